The van der Waals surface area contributed by atoms with Gasteiger partial charge in [-0.2, -0.15) is 0 Å². The molecule has 0 radical (unpaired) electrons. The molecule has 0 aliphatic carbocycles. The average Bonchev–Trinajstić information content (AvgIpc) is 2.81. The molecule has 0 saturated heterocycles. The largest absolute Gasteiger partial charge is 0.356 e. The summed E-state index contributed by atoms with van der Waals surface area (Å²) >= 11 is 0. The topological polar surface area (TPSA) is 70.6 Å². The van der Waals surface area contributed by atoms with Crippen LogP contribution in [0.15, 0.2) is 94.8 Å². The number of rotatable bonds is 9. The molecule has 5 nitrogen and oxygen atoms in total. The number of guanidine groups is 1. The molecule has 0 fully saturated rings. The molecule has 1 atom stereocenters. The van der Waals surface area contributed by atoms with Crippen LogP contribution in [0, 0.1) is 0 Å². The Kier molecular flexibility index (Phi) is 8.45. The van der Waals surface area contributed by atoms with E-state index in [-0.39, 0.29) is 0 Å². The molecule has 0 spiro atoms. The first-order valence-corrected chi connectivity index (χ1v) is 12.7. The molecule has 0 aliphatic rings. The van der Waals surface area contributed by atoms with Crippen LogP contribution in [0.3, 0.4) is 0 Å². The van der Waals surface area contributed by atoms with Crippen molar-refractivity contribution in [3.05, 3.63) is 102 Å². The van der Waals surface area contributed by atoms with Gasteiger partial charge in [0.15, 0.2) is 15.8 Å². The zero-order valence-corrected chi connectivity index (χ0v) is 19.5. The van der Waals surface area contributed by atoms with E-state index in [1.165, 1.54) is 17.4 Å². The minimum atomic E-state index is -3.16. The Bertz CT molecular complexity index is 1100. The third kappa shape index (κ3) is 7.24. The molecule has 0 bridgehead atoms. The molecule has 3 rings (SSSR count). The van der Waals surface area contributed by atoms with Crippen LogP contribution in [0.25, 0.3) is 0 Å². The summed E-state index contributed by atoms with van der Waals surface area (Å²) < 4.78 is 23.2. The van der Waals surface area contributed by atoms with Gasteiger partial charge in [0, 0.05) is 32.3 Å². The van der Waals surface area contributed by atoms with Crippen LogP contribution < -0.4 is 10.6 Å². The van der Waals surface area contributed by atoms with Crippen molar-refractivity contribution in [1.82, 2.24) is 10.6 Å². The Morgan fingerprint density at radius 3 is 2.06 bits per heavy atom. The Labute approximate surface area is 191 Å². The zero-order chi connectivity index (χ0) is 22.8. The van der Waals surface area contributed by atoms with Crippen LogP contribution >= 0.6 is 0 Å². The predicted octanol–water partition coefficient (Wildman–Crippen LogP) is 3.82. The van der Waals surface area contributed by atoms with Gasteiger partial charge in [-0.25, -0.2) is 8.42 Å². The highest BCUT2D eigenvalue weighted by molar-refractivity contribution is 7.90. The highest BCUT2D eigenvalue weighted by atomic mass is 32.2. The predicted molar refractivity (Wildman–Crippen MR) is 132 cm³/mol. The van der Waals surface area contributed by atoms with Crippen LogP contribution in [0.5, 0.6) is 0 Å². The van der Waals surface area contributed by atoms with Gasteiger partial charge in [-0.05, 0) is 41.7 Å². The maximum Gasteiger partial charge on any atom is 0.191 e. The van der Waals surface area contributed by atoms with Crippen molar-refractivity contribution in [2.24, 2.45) is 4.99 Å². The van der Waals surface area contributed by atoms with E-state index >= 15 is 0 Å². The number of sulfone groups is 1. The first-order valence-electron chi connectivity index (χ1n) is 10.8. The summed E-state index contributed by atoms with van der Waals surface area (Å²) in [5.74, 6) is 1.08. The molecule has 168 valence electrons. The molecule has 6 heteroatoms. The summed E-state index contributed by atoms with van der Waals surface area (Å²) in [6.07, 6.45) is 2.94. The van der Waals surface area contributed by atoms with E-state index < -0.39 is 9.84 Å². The molecule has 3 aromatic carbocycles. The quantitative estimate of drug-likeness (QED) is 0.385. The third-order valence-corrected chi connectivity index (χ3v) is 6.52. The van der Waals surface area contributed by atoms with E-state index in [9.17, 15) is 8.42 Å². The number of hydrogen-bond acceptors (Lipinski definition) is 3. The summed E-state index contributed by atoms with van der Waals surface area (Å²) in [5.41, 5.74) is 3.68. The van der Waals surface area contributed by atoms with Crippen molar-refractivity contribution in [3.8, 4) is 0 Å². The van der Waals surface area contributed by atoms with Gasteiger partial charge in [-0.1, -0.05) is 72.8 Å². The molecule has 0 aliphatic heterocycles. The minimum absolute atomic E-state index is 0.320. The zero-order valence-electron chi connectivity index (χ0n) is 18.7. The first-order chi connectivity index (χ1) is 15.5. The van der Waals surface area contributed by atoms with E-state index in [0.717, 1.165) is 30.9 Å². The lowest BCUT2D eigenvalue weighted by molar-refractivity contribution is 0.602. The first kappa shape index (κ1) is 23.5. The molecule has 0 aromatic heterocycles. The molecule has 2 N–H and O–H groups in total. The second kappa shape index (κ2) is 11.5. The van der Waals surface area contributed by atoms with Gasteiger partial charge in [0.05, 0.1) is 4.90 Å². The number of nitrogens with zero attached hydrogens (tertiary/aromatic N) is 1. The Balaban J connectivity index is 1.55. The van der Waals surface area contributed by atoms with E-state index in [0.29, 0.717) is 17.4 Å². The fourth-order valence-corrected chi connectivity index (χ4v) is 4.23. The number of benzene rings is 3. The van der Waals surface area contributed by atoms with E-state index in [1.807, 2.05) is 24.3 Å². The van der Waals surface area contributed by atoms with Gasteiger partial charge in [0.1, 0.15) is 0 Å². The molecular weight excluding hydrogens is 418 g/mol. The number of hydrogen-bond donors (Lipinski definition) is 2. The molecular formula is C26H31N3O2S. The van der Waals surface area contributed by atoms with Crippen molar-refractivity contribution in [3.63, 3.8) is 0 Å². The third-order valence-electron chi connectivity index (χ3n) is 5.39. The van der Waals surface area contributed by atoms with E-state index in [4.69, 9.17) is 0 Å². The minimum Gasteiger partial charge on any atom is -0.356 e. The van der Waals surface area contributed by atoms with E-state index in [1.54, 1.807) is 19.2 Å². The van der Waals surface area contributed by atoms with Crippen molar-refractivity contribution in [2.75, 3.05) is 26.4 Å². The molecule has 0 saturated carbocycles. The maximum absolute atomic E-state index is 11.6. The fourth-order valence-electron chi connectivity index (χ4n) is 3.60. The molecule has 1 unspecified atom stereocenters. The van der Waals surface area contributed by atoms with Gasteiger partial charge in [-0.3, -0.25) is 4.99 Å². The van der Waals surface area contributed by atoms with Gasteiger partial charge in [-0.15, -0.1) is 0 Å². The lowest BCUT2D eigenvalue weighted by Gasteiger charge is -2.20. The standard InChI is InChI=1S/C26H31N3O2S/c1-27-26(28-18-17-21-13-15-25(16-14-21)32(2,30)31)29-20-24(23-11-7-4-8-12-23)19-22-9-5-3-6-10-22/h3-16,24H,17-20H2,1-2H3,(H2,27,28,29). The van der Waals surface area contributed by atoms with Crippen LogP contribution in [0.2, 0.25) is 0 Å². The fraction of sp³-hybridized carbons (Fsp3) is 0.269. The van der Waals surface area contributed by atoms with Crippen LogP contribution in [0.1, 0.15) is 22.6 Å². The Morgan fingerprint density at radius 1 is 0.844 bits per heavy atom. The van der Waals surface area contributed by atoms with Gasteiger partial charge in [0.25, 0.3) is 0 Å². The summed E-state index contributed by atoms with van der Waals surface area (Å²) in [5, 5.41) is 6.82. The van der Waals surface area contributed by atoms with Gasteiger partial charge in [0.2, 0.25) is 0 Å². The smallest absolute Gasteiger partial charge is 0.191 e. The molecule has 0 heterocycles. The molecule has 0 amide bonds. The van der Waals surface area contributed by atoms with Crippen molar-refractivity contribution in [2.45, 2.75) is 23.7 Å². The van der Waals surface area contributed by atoms with Gasteiger partial charge < -0.3 is 10.6 Å². The second-order valence-electron chi connectivity index (χ2n) is 7.84. The summed E-state index contributed by atoms with van der Waals surface area (Å²) in [6, 6.07) is 28.1. The van der Waals surface area contributed by atoms with E-state index in [2.05, 4.69) is 64.2 Å². The van der Waals surface area contributed by atoms with Crippen LogP contribution in [0.4, 0.5) is 0 Å². The lowest BCUT2D eigenvalue weighted by Crippen LogP contribution is -2.40. The normalized spacial score (nSPS) is 12.9. The van der Waals surface area contributed by atoms with Crippen LogP contribution in [-0.4, -0.2) is 40.8 Å². The second-order valence-corrected chi connectivity index (χ2v) is 9.86. The van der Waals surface area contributed by atoms with Gasteiger partial charge >= 0.3 is 0 Å². The number of aliphatic imine (C=N–C) groups is 1. The Morgan fingerprint density at radius 2 is 1.47 bits per heavy atom. The lowest BCUT2D eigenvalue weighted by atomic mass is 9.92. The maximum atomic E-state index is 11.6. The molecule has 3 aromatic rings. The number of nitrogens with one attached hydrogen (secondary N) is 2. The van der Waals surface area contributed by atoms with Crippen molar-refractivity contribution >= 4 is 15.8 Å². The molecule has 32 heavy (non-hydrogen) atoms. The monoisotopic (exact) mass is 449 g/mol. The van der Waals surface area contributed by atoms with Crippen LogP contribution in [-0.2, 0) is 22.7 Å². The SMILES string of the molecule is CN=C(NCCc1ccc(S(C)(=O)=O)cc1)NCC(Cc1ccccc1)c1ccccc1. The highest BCUT2D eigenvalue weighted by Gasteiger charge is 2.13. The van der Waals surface area contributed by atoms with Crippen molar-refractivity contribution < 1.29 is 8.42 Å². The summed E-state index contributed by atoms with van der Waals surface area (Å²) in [7, 11) is -1.39. The summed E-state index contributed by atoms with van der Waals surface area (Å²) in [4.78, 5) is 4.70. The Hall–Kier alpha value is -3.12. The summed E-state index contributed by atoms with van der Waals surface area (Å²) in [6.45, 7) is 1.47. The average molecular weight is 450 g/mol. The van der Waals surface area contributed by atoms with Crippen molar-refractivity contribution in [1.29, 1.82) is 0 Å². The highest BCUT2D eigenvalue weighted by Crippen LogP contribution is 2.20.